The van der Waals surface area contributed by atoms with E-state index in [1.165, 1.54) is 6.07 Å². The van der Waals surface area contributed by atoms with Gasteiger partial charge in [0.25, 0.3) is 5.91 Å². The van der Waals surface area contributed by atoms with Crippen LogP contribution < -0.4 is 10.1 Å². The molecule has 0 aliphatic rings. The number of hydrogen-bond acceptors (Lipinski definition) is 5. The van der Waals surface area contributed by atoms with Gasteiger partial charge in [0.1, 0.15) is 23.7 Å². The van der Waals surface area contributed by atoms with Crippen LogP contribution in [-0.4, -0.2) is 37.3 Å². The van der Waals surface area contributed by atoms with Crippen molar-refractivity contribution >= 4 is 17.6 Å². The summed E-state index contributed by atoms with van der Waals surface area (Å²) in [5, 5.41) is 11.8. The second-order valence-corrected chi connectivity index (χ2v) is 5.40. The molecule has 25 heavy (non-hydrogen) atoms. The fraction of sp³-hybridized carbons (Fsp3) is 0.333. The number of carboxylic acids is 1. The minimum absolute atomic E-state index is 0.00637. The Morgan fingerprint density at radius 2 is 2.00 bits per heavy atom. The Kier molecular flexibility index (Phi) is 6.19. The number of amides is 1. The summed E-state index contributed by atoms with van der Waals surface area (Å²) in [6, 6.07) is 6.59. The van der Waals surface area contributed by atoms with E-state index in [1.54, 1.807) is 26.2 Å². The fourth-order valence-electron chi connectivity index (χ4n) is 2.26. The van der Waals surface area contributed by atoms with Crippen LogP contribution in [0.1, 0.15) is 39.2 Å². The van der Waals surface area contributed by atoms with Crippen LogP contribution >= 0.6 is 0 Å². The topological polar surface area (TPSA) is 98.0 Å². The molecule has 0 spiro atoms. The molecule has 0 aliphatic carbocycles. The van der Waals surface area contributed by atoms with E-state index in [0.717, 1.165) is 5.56 Å². The van der Waals surface area contributed by atoms with Crippen LogP contribution in [0.2, 0.25) is 0 Å². The molecule has 2 aromatic rings. The molecule has 1 aromatic carbocycles. The molecule has 0 radical (unpaired) electrons. The number of furan rings is 1. The van der Waals surface area contributed by atoms with Crippen LogP contribution in [0.5, 0.6) is 5.75 Å². The Labute approximate surface area is 145 Å². The van der Waals surface area contributed by atoms with Crippen molar-refractivity contribution in [3.63, 3.8) is 0 Å². The number of aromatic carboxylic acids is 1. The summed E-state index contributed by atoms with van der Waals surface area (Å²) < 4.78 is 15.9. The van der Waals surface area contributed by atoms with Gasteiger partial charge >= 0.3 is 5.97 Å². The van der Waals surface area contributed by atoms with Crippen LogP contribution in [-0.2, 0) is 11.2 Å². The van der Waals surface area contributed by atoms with Gasteiger partial charge in [0.05, 0.1) is 12.3 Å². The van der Waals surface area contributed by atoms with Gasteiger partial charge in [-0.15, -0.1) is 0 Å². The standard InChI is InChI=1S/C18H21NO6/c1-4-14-12(18(21)22)10-16(25-14)17(20)19-13-6-5-11(2)9-15(13)24-8-7-23-3/h5-6,9-10H,4,7-8H2,1-3H3,(H,19,20)(H,21,22). The van der Waals surface area contributed by atoms with Crippen molar-refractivity contribution in [1.82, 2.24) is 0 Å². The first-order valence-electron chi connectivity index (χ1n) is 7.86. The number of benzene rings is 1. The Bertz CT molecular complexity index is 765. The number of hydrogen-bond donors (Lipinski definition) is 2. The highest BCUT2D eigenvalue weighted by molar-refractivity contribution is 6.04. The van der Waals surface area contributed by atoms with Gasteiger partial charge in [-0.1, -0.05) is 13.0 Å². The van der Waals surface area contributed by atoms with E-state index in [-0.39, 0.29) is 17.1 Å². The Hall–Kier alpha value is -2.80. The van der Waals surface area contributed by atoms with E-state index in [2.05, 4.69) is 5.32 Å². The summed E-state index contributed by atoms with van der Waals surface area (Å²) >= 11 is 0. The minimum atomic E-state index is -1.13. The quantitative estimate of drug-likeness (QED) is 0.712. The van der Waals surface area contributed by atoms with E-state index in [0.29, 0.717) is 31.1 Å². The van der Waals surface area contributed by atoms with Crippen LogP contribution in [0.25, 0.3) is 0 Å². The zero-order valence-corrected chi connectivity index (χ0v) is 14.4. The maximum absolute atomic E-state index is 12.4. The molecular formula is C18H21NO6. The molecule has 134 valence electrons. The number of aryl methyl sites for hydroxylation is 2. The second-order valence-electron chi connectivity index (χ2n) is 5.40. The first kappa shape index (κ1) is 18.5. The third-order valence-corrected chi connectivity index (χ3v) is 3.51. The van der Waals surface area contributed by atoms with E-state index < -0.39 is 11.9 Å². The van der Waals surface area contributed by atoms with Gasteiger partial charge in [0.15, 0.2) is 5.76 Å². The van der Waals surface area contributed by atoms with Crippen molar-refractivity contribution < 1.29 is 28.6 Å². The molecule has 1 amide bonds. The molecule has 7 heteroatoms. The lowest BCUT2D eigenvalue weighted by atomic mass is 10.2. The average Bonchev–Trinajstić information content (AvgIpc) is 3.02. The predicted octanol–water partition coefficient (Wildman–Crippen LogP) is 3.13. The van der Waals surface area contributed by atoms with E-state index in [9.17, 15) is 9.59 Å². The molecule has 0 bridgehead atoms. The first-order chi connectivity index (χ1) is 12.0. The first-order valence-corrected chi connectivity index (χ1v) is 7.86. The minimum Gasteiger partial charge on any atom is -0.489 e. The molecule has 0 atom stereocenters. The van der Waals surface area contributed by atoms with Crippen LogP contribution in [0.3, 0.4) is 0 Å². The Morgan fingerprint density at radius 3 is 2.60 bits per heavy atom. The van der Waals surface area contributed by atoms with Gasteiger partial charge in [0.2, 0.25) is 0 Å². The number of methoxy groups -OCH3 is 1. The smallest absolute Gasteiger partial charge is 0.339 e. The fourth-order valence-corrected chi connectivity index (χ4v) is 2.26. The van der Waals surface area contributed by atoms with Crippen molar-refractivity contribution in [2.75, 3.05) is 25.6 Å². The van der Waals surface area contributed by atoms with E-state index in [4.69, 9.17) is 19.0 Å². The van der Waals surface area contributed by atoms with E-state index >= 15 is 0 Å². The normalized spacial score (nSPS) is 10.5. The van der Waals surface area contributed by atoms with E-state index in [1.807, 2.05) is 13.0 Å². The highest BCUT2D eigenvalue weighted by Crippen LogP contribution is 2.27. The number of carboxylic acid groups (broad SMARTS) is 1. The Balaban J connectivity index is 2.21. The summed E-state index contributed by atoms with van der Waals surface area (Å²) in [6.07, 6.45) is 0.380. The molecule has 0 unspecified atom stereocenters. The molecule has 0 fully saturated rings. The zero-order chi connectivity index (χ0) is 18.4. The number of anilines is 1. The van der Waals surface area contributed by atoms with Crippen LogP contribution in [0, 0.1) is 6.92 Å². The van der Waals surface area contributed by atoms with Crippen LogP contribution in [0.4, 0.5) is 5.69 Å². The molecule has 1 aromatic heterocycles. The van der Waals surface area contributed by atoms with Gasteiger partial charge in [-0.25, -0.2) is 4.79 Å². The summed E-state index contributed by atoms with van der Waals surface area (Å²) in [7, 11) is 1.57. The number of rotatable bonds is 8. The van der Waals surface area contributed by atoms with Gasteiger partial charge in [-0.3, -0.25) is 4.79 Å². The number of ether oxygens (including phenoxy) is 2. The lowest BCUT2D eigenvalue weighted by molar-refractivity contribution is 0.0694. The number of carbonyl (C=O) groups is 2. The molecule has 2 rings (SSSR count). The largest absolute Gasteiger partial charge is 0.489 e. The summed E-state index contributed by atoms with van der Waals surface area (Å²) in [5.74, 6) is -0.955. The van der Waals surface area contributed by atoms with Crippen molar-refractivity contribution in [2.45, 2.75) is 20.3 Å². The van der Waals surface area contributed by atoms with Gasteiger partial charge < -0.3 is 24.3 Å². The molecule has 2 N–H and O–H groups in total. The summed E-state index contributed by atoms with van der Waals surface area (Å²) in [4.78, 5) is 23.6. The second kappa shape index (κ2) is 8.34. The maximum Gasteiger partial charge on any atom is 0.339 e. The lowest BCUT2D eigenvalue weighted by Gasteiger charge is -2.12. The molecule has 0 saturated carbocycles. The zero-order valence-electron chi connectivity index (χ0n) is 14.4. The monoisotopic (exact) mass is 347 g/mol. The molecule has 0 saturated heterocycles. The van der Waals surface area contributed by atoms with Gasteiger partial charge in [-0.2, -0.15) is 0 Å². The lowest BCUT2D eigenvalue weighted by Crippen LogP contribution is -2.13. The Morgan fingerprint density at radius 1 is 1.24 bits per heavy atom. The SMILES string of the molecule is CCc1oc(C(=O)Nc2ccc(C)cc2OCCOC)cc1C(=O)O. The predicted molar refractivity (Wildman–Crippen MR) is 91.5 cm³/mol. The number of carbonyl (C=O) groups excluding carboxylic acids is 1. The van der Waals surface area contributed by atoms with Crippen molar-refractivity contribution in [1.29, 1.82) is 0 Å². The van der Waals surface area contributed by atoms with Crippen molar-refractivity contribution in [3.8, 4) is 5.75 Å². The molecule has 7 nitrogen and oxygen atoms in total. The number of nitrogens with one attached hydrogen (secondary N) is 1. The summed E-state index contributed by atoms with van der Waals surface area (Å²) in [6.45, 7) is 4.43. The molecule has 0 aliphatic heterocycles. The van der Waals surface area contributed by atoms with Crippen LogP contribution in [0.15, 0.2) is 28.7 Å². The van der Waals surface area contributed by atoms with Crippen molar-refractivity contribution in [2.24, 2.45) is 0 Å². The highest BCUT2D eigenvalue weighted by atomic mass is 16.5. The molecular weight excluding hydrogens is 326 g/mol. The maximum atomic E-state index is 12.4. The van der Waals surface area contributed by atoms with Gasteiger partial charge in [-0.05, 0) is 24.6 Å². The average molecular weight is 347 g/mol. The highest BCUT2D eigenvalue weighted by Gasteiger charge is 2.21. The summed E-state index contributed by atoms with van der Waals surface area (Å²) in [5.41, 5.74) is 1.44. The van der Waals surface area contributed by atoms with Gasteiger partial charge in [0, 0.05) is 19.6 Å². The third kappa shape index (κ3) is 4.60. The molecule has 1 heterocycles. The third-order valence-electron chi connectivity index (χ3n) is 3.51. The van der Waals surface area contributed by atoms with Crippen molar-refractivity contribution in [3.05, 3.63) is 46.9 Å².